The first-order valence-electron chi connectivity index (χ1n) is 10.1. The van der Waals surface area contributed by atoms with Gasteiger partial charge in [0.1, 0.15) is 6.54 Å². The molecule has 0 bridgehead atoms. The van der Waals surface area contributed by atoms with Gasteiger partial charge in [-0.1, -0.05) is 36.8 Å². The van der Waals surface area contributed by atoms with E-state index in [1.54, 1.807) is 24.3 Å². The number of sulfonamides is 1. The van der Waals surface area contributed by atoms with Crippen molar-refractivity contribution in [3.8, 4) is 0 Å². The minimum atomic E-state index is -3.51. The normalized spacial score (nSPS) is 16.3. The smallest absolute Gasteiger partial charge is 0.279 e. The van der Waals surface area contributed by atoms with E-state index < -0.39 is 10.0 Å². The van der Waals surface area contributed by atoms with Crippen LogP contribution in [0.15, 0.2) is 53.4 Å². The lowest BCUT2D eigenvalue weighted by atomic mass is 10.1. The molecule has 0 aromatic heterocycles. The number of rotatable bonds is 7. The lowest BCUT2D eigenvalue weighted by Gasteiger charge is -2.26. The van der Waals surface area contributed by atoms with Crippen molar-refractivity contribution in [2.75, 3.05) is 32.0 Å². The summed E-state index contributed by atoms with van der Waals surface area (Å²) in [7, 11) is -1.54. The van der Waals surface area contributed by atoms with Crippen molar-refractivity contribution in [2.24, 2.45) is 0 Å². The predicted molar refractivity (Wildman–Crippen MR) is 114 cm³/mol. The van der Waals surface area contributed by atoms with Gasteiger partial charge >= 0.3 is 0 Å². The summed E-state index contributed by atoms with van der Waals surface area (Å²) in [6.07, 6.45) is 2.86. The van der Waals surface area contributed by atoms with Crippen LogP contribution < -0.4 is 10.2 Å². The summed E-state index contributed by atoms with van der Waals surface area (Å²) in [5.74, 6) is -0.136. The third kappa shape index (κ3) is 5.65. The molecule has 2 N–H and O–H groups in total. The molecule has 1 amide bonds. The van der Waals surface area contributed by atoms with E-state index in [0.29, 0.717) is 25.3 Å². The minimum Gasteiger partial charge on any atom is -0.326 e. The second kappa shape index (κ2) is 9.52. The molecule has 156 valence electrons. The van der Waals surface area contributed by atoms with Crippen LogP contribution in [0.4, 0.5) is 5.69 Å². The van der Waals surface area contributed by atoms with Gasteiger partial charge in [0.05, 0.1) is 11.9 Å². The van der Waals surface area contributed by atoms with Gasteiger partial charge < -0.3 is 10.2 Å². The number of carbonyl (C=O) groups is 1. The quantitative estimate of drug-likeness (QED) is 0.723. The van der Waals surface area contributed by atoms with Crippen LogP contribution in [0.1, 0.15) is 30.4 Å². The molecule has 0 spiro atoms. The Morgan fingerprint density at radius 3 is 2.52 bits per heavy atom. The molecule has 1 aliphatic heterocycles. The Balaban J connectivity index is 1.62. The first-order valence-corrected chi connectivity index (χ1v) is 11.6. The monoisotopic (exact) mass is 416 g/mol. The molecule has 1 atom stereocenters. The summed E-state index contributed by atoms with van der Waals surface area (Å²) in [6, 6.07) is 14.7. The van der Waals surface area contributed by atoms with Crippen LogP contribution in [0.25, 0.3) is 0 Å². The van der Waals surface area contributed by atoms with Crippen molar-refractivity contribution in [3.63, 3.8) is 0 Å². The van der Waals surface area contributed by atoms with E-state index in [2.05, 4.69) is 24.4 Å². The molecule has 1 unspecified atom stereocenters. The fraction of sp³-hybridized carbons (Fsp3) is 0.409. The van der Waals surface area contributed by atoms with Crippen LogP contribution in [-0.4, -0.2) is 45.3 Å². The van der Waals surface area contributed by atoms with Crippen LogP contribution in [0.5, 0.6) is 0 Å². The van der Waals surface area contributed by atoms with Crippen LogP contribution >= 0.6 is 0 Å². The summed E-state index contributed by atoms with van der Waals surface area (Å²) < 4.78 is 27.2. The number of likely N-dealkylation sites (N-methyl/N-ethyl adjacent to an activating group) is 1. The molecule has 29 heavy (non-hydrogen) atoms. The zero-order chi connectivity index (χ0) is 20.9. The van der Waals surface area contributed by atoms with Gasteiger partial charge in [-0.2, -0.15) is 4.31 Å². The highest BCUT2D eigenvalue weighted by atomic mass is 32.2. The average Bonchev–Trinajstić information content (AvgIpc) is 2.70. The summed E-state index contributed by atoms with van der Waals surface area (Å²) >= 11 is 0. The number of nitrogens with one attached hydrogen (secondary N) is 2. The number of quaternary nitrogens is 1. The Bertz CT molecular complexity index is 953. The molecule has 1 fully saturated rings. The molecule has 1 saturated heterocycles. The third-order valence-electron chi connectivity index (χ3n) is 5.29. The van der Waals surface area contributed by atoms with E-state index in [1.807, 2.05) is 19.2 Å². The molecule has 3 rings (SSSR count). The van der Waals surface area contributed by atoms with Crippen LogP contribution in [0.2, 0.25) is 0 Å². The zero-order valence-corrected chi connectivity index (χ0v) is 18.0. The van der Waals surface area contributed by atoms with Crippen molar-refractivity contribution < 1.29 is 18.1 Å². The topological polar surface area (TPSA) is 70.9 Å². The largest absolute Gasteiger partial charge is 0.326 e. The number of nitrogens with zero attached hydrogens (tertiary/aromatic N) is 1. The second-order valence-electron chi connectivity index (χ2n) is 7.78. The number of hydrogen-bond acceptors (Lipinski definition) is 3. The van der Waals surface area contributed by atoms with Crippen LogP contribution in [0, 0.1) is 6.92 Å². The number of benzene rings is 2. The van der Waals surface area contributed by atoms with Gasteiger partial charge in [0.2, 0.25) is 10.0 Å². The highest BCUT2D eigenvalue weighted by Gasteiger charge is 2.26. The van der Waals surface area contributed by atoms with Crippen LogP contribution in [0.3, 0.4) is 0 Å². The predicted octanol–water partition coefficient (Wildman–Crippen LogP) is 1.82. The first-order chi connectivity index (χ1) is 13.9. The van der Waals surface area contributed by atoms with E-state index in [1.165, 1.54) is 15.4 Å². The third-order valence-corrected chi connectivity index (χ3v) is 7.18. The maximum Gasteiger partial charge on any atom is 0.279 e. The maximum atomic E-state index is 12.8. The Hall–Kier alpha value is -2.22. The first kappa shape index (κ1) is 21.5. The Morgan fingerprint density at radius 2 is 1.79 bits per heavy atom. The molecule has 0 saturated carbocycles. The molecule has 1 heterocycles. The molecule has 7 heteroatoms. The summed E-state index contributed by atoms with van der Waals surface area (Å²) in [5, 5.41) is 2.85. The van der Waals surface area contributed by atoms with Gasteiger partial charge in [-0.05, 0) is 43.5 Å². The number of piperidine rings is 1. The van der Waals surface area contributed by atoms with Crippen LogP contribution in [-0.2, 0) is 21.4 Å². The fourth-order valence-electron chi connectivity index (χ4n) is 3.66. The second-order valence-corrected chi connectivity index (χ2v) is 9.72. The zero-order valence-electron chi connectivity index (χ0n) is 17.1. The fourth-order valence-corrected chi connectivity index (χ4v) is 5.23. The van der Waals surface area contributed by atoms with E-state index in [0.717, 1.165) is 30.7 Å². The Kier molecular flexibility index (Phi) is 7.05. The average molecular weight is 417 g/mol. The highest BCUT2D eigenvalue weighted by molar-refractivity contribution is 7.89. The van der Waals surface area contributed by atoms with Crippen molar-refractivity contribution in [2.45, 2.75) is 37.6 Å². The van der Waals surface area contributed by atoms with Gasteiger partial charge in [0, 0.05) is 24.3 Å². The van der Waals surface area contributed by atoms with E-state index in [9.17, 15) is 13.2 Å². The van der Waals surface area contributed by atoms with Crippen molar-refractivity contribution in [1.82, 2.24) is 4.31 Å². The SMILES string of the molecule is Cc1ccccc1C[NH+](C)CC(=O)Nc1cccc(S(=O)(=O)N2CCCCC2)c1. The highest BCUT2D eigenvalue weighted by Crippen LogP contribution is 2.22. The molecular weight excluding hydrogens is 386 g/mol. The van der Waals surface area contributed by atoms with Crippen molar-refractivity contribution >= 4 is 21.6 Å². The molecule has 0 radical (unpaired) electrons. The van der Waals surface area contributed by atoms with Gasteiger partial charge in [0.15, 0.2) is 6.54 Å². The molecule has 2 aromatic rings. The molecule has 2 aromatic carbocycles. The van der Waals surface area contributed by atoms with Crippen molar-refractivity contribution in [1.29, 1.82) is 0 Å². The number of carbonyl (C=O) groups excluding carboxylic acids is 1. The molecule has 0 aliphatic carbocycles. The van der Waals surface area contributed by atoms with E-state index >= 15 is 0 Å². The minimum absolute atomic E-state index is 0.136. The maximum absolute atomic E-state index is 12.8. The number of hydrogen-bond donors (Lipinski definition) is 2. The van der Waals surface area contributed by atoms with E-state index in [-0.39, 0.29) is 10.8 Å². The van der Waals surface area contributed by atoms with Gasteiger partial charge in [-0.15, -0.1) is 0 Å². The lowest BCUT2D eigenvalue weighted by Crippen LogP contribution is -3.08. The van der Waals surface area contributed by atoms with Crippen molar-refractivity contribution in [3.05, 3.63) is 59.7 Å². The number of anilines is 1. The van der Waals surface area contributed by atoms with Gasteiger partial charge in [-0.25, -0.2) is 8.42 Å². The summed E-state index contributed by atoms with van der Waals surface area (Å²) in [6.45, 7) is 4.25. The Morgan fingerprint density at radius 1 is 1.07 bits per heavy atom. The van der Waals surface area contributed by atoms with Gasteiger partial charge in [0.25, 0.3) is 5.91 Å². The van der Waals surface area contributed by atoms with E-state index in [4.69, 9.17) is 0 Å². The molecule has 1 aliphatic rings. The standard InChI is InChI=1S/C22H29N3O3S/c1-18-9-4-5-10-19(18)16-24(2)17-22(26)23-20-11-8-12-21(15-20)29(27,28)25-13-6-3-7-14-25/h4-5,8-12,15H,3,6-7,13-14,16-17H2,1-2H3,(H,23,26)/p+1. The lowest BCUT2D eigenvalue weighted by molar-refractivity contribution is -0.885. The number of amides is 1. The van der Waals surface area contributed by atoms with Gasteiger partial charge in [-0.3, -0.25) is 4.79 Å². The summed E-state index contributed by atoms with van der Waals surface area (Å²) in [4.78, 5) is 13.8. The Labute approximate surface area is 173 Å². The number of aryl methyl sites for hydroxylation is 1. The summed E-state index contributed by atoms with van der Waals surface area (Å²) in [5.41, 5.74) is 2.94. The molecular formula is C22H30N3O3S+. The molecule has 6 nitrogen and oxygen atoms in total.